The molecule has 0 atom stereocenters. The van der Waals surface area contributed by atoms with Crippen LogP contribution in [0.15, 0.2) is 42.5 Å². The Bertz CT molecular complexity index is 916. The van der Waals surface area contributed by atoms with Gasteiger partial charge in [-0.1, -0.05) is 18.2 Å². The van der Waals surface area contributed by atoms with Crippen LogP contribution in [0.5, 0.6) is 0 Å². The molecule has 128 valence electrons. The zero-order valence-electron chi connectivity index (χ0n) is 14.1. The van der Waals surface area contributed by atoms with Gasteiger partial charge in [-0.05, 0) is 36.8 Å². The van der Waals surface area contributed by atoms with Gasteiger partial charge >= 0.3 is 0 Å². The number of aryl methyl sites for hydroxylation is 1. The van der Waals surface area contributed by atoms with Crippen molar-refractivity contribution in [1.82, 2.24) is 15.6 Å². The number of carbonyl (C=O) groups is 2. The first-order chi connectivity index (χ1) is 12.0. The number of aromatic nitrogens is 1. The second-order valence-corrected chi connectivity index (χ2v) is 6.84. The molecule has 0 radical (unpaired) electrons. The maximum Gasteiger partial charge on any atom is 0.251 e. The fourth-order valence-electron chi connectivity index (χ4n) is 2.44. The molecule has 6 heteroatoms. The summed E-state index contributed by atoms with van der Waals surface area (Å²) in [4.78, 5) is 27.5. The van der Waals surface area contributed by atoms with Gasteiger partial charge in [-0.25, -0.2) is 4.98 Å². The van der Waals surface area contributed by atoms with E-state index in [1.165, 1.54) is 12.5 Å². The fraction of sp³-hybridized carbons (Fsp3) is 0.211. The second kappa shape index (κ2) is 7.44. The van der Waals surface area contributed by atoms with Gasteiger partial charge in [0.15, 0.2) is 0 Å². The van der Waals surface area contributed by atoms with Crippen LogP contribution in [0.1, 0.15) is 22.8 Å². The number of hydrogen-bond acceptors (Lipinski definition) is 4. The number of amides is 2. The van der Waals surface area contributed by atoms with E-state index in [9.17, 15) is 9.59 Å². The first-order valence-electron chi connectivity index (χ1n) is 8.03. The lowest BCUT2D eigenvalue weighted by Crippen LogP contribution is -2.33. The maximum atomic E-state index is 12.1. The van der Waals surface area contributed by atoms with Crippen molar-refractivity contribution in [3.63, 3.8) is 0 Å². The number of nitrogens with one attached hydrogen (secondary N) is 2. The van der Waals surface area contributed by atoms with E-state index in [0.717, 1.165) is 20.8 Å². The van der Waals surface area contributed by atoms with Crippen LogP contribution in [0.4, 0.5) is 0 Å². The summed E-state index contributed by atoms with van der Waals surface area (Å²) in [6, 6.07) is 13.6. The normalized spacial score (nSPS) is 10.6. The van der Waals surface area contributed by atoms with Gasteiger partial charge in [0.25, 0.3) is 5.91 Å². The topological polar surface area (TPSA) is 71.1 Å². The lowest BCUT2D eigenvalue weighted by Gasteiger charge is -2.06. The lowest BCUT2D eigenvalue weighted by atomic mass is 10.1. The van der Waals surface area contributed by atoms with Crippen LogP contribution in [-0.4, -0.2) is 29.9 Å². The molecule has 2 aromatic carbocycles. The van der Waals surface area contributed by atoms with Gasteiger partial charge in [-0.15, -0.1) is 11.3 Å². The number of fused-ring (bicyclic) bond motifs is 1. The molecule has 5 nitrogen and oxygen atoms in total. The van der Waals surface area contributed by atoms with E-state index in [4.69, 9.17) is 0 Å². The molecule has 0 aliphatic carbocycles. The highest BCUT2D eigenvalue weighted by atomic mass is 32.1. The molecule has 0 aliphatic rings. The van der Waals surface area contributed by atoms with Gasteiger partial charge in [0.2, 0.25) is 5.91 Å². The van der Waals surface area contributed by atoms with Crippen molar-refractivity contribution < 1.29 is 9.59 Å². The highest BCUT2D eigenvalue weighted by Crippen LogP contribution is 2.30. The van der Waals surface area contributed by atoms with Gasteiger partial charge in [0.05, 0.1) is 10.2 Å². The van der Waals surface area contributed by atoms with Gasteiger partial charge in [-0.3, -0.25) is 9.59 Å². The van der Waals surface area contributed by atoms with E-state index in [0.29, 0.717) is 18.7 Å². The summed E-state index contributed by atoms with van der Waals surface area (Å²) >= 11 is 1.64. The molecule has 0 unspecified atom stereocenters. The number of rotatable bonds is 5. The van der Waals surface area contributed by atoms with Crippen molar-refractivity contribution in [2.24, 2.45) is 0 Å². The van der Waals surface area contributed by atoms with E-state index in [1.54, 1.807) is 23.5 Å². The van der Waals surface area contributed by atoms with Crippen LogP contribution in [0.25, 0.3) is 20.8 Å². The van der Waals surface area contributed by atoms with E-state index < -0.39 is 0 Å². The molecule has 0 saturated heterocycles. The molecule has 0 saturated carbocycles. The third-order valence-electron chi connectivity index (χ3n) is 3.72. The minimum absolute atomic E-state index is 0.107. The zero-order chi connectivity index (χ0) is 17.8. The molecule has 1 heterocycles. The van der Waals surface area contributed by atoms with Crippen molar-refractivity contribution in [1.29, 1.82) is 0 Å². The Hall–Kier alpha value is -2.73. The Morgan fingerprint density at radius 2 is 1.76 bits per heavy atom. The number of benzene rings is 2. The first kappa shape index (κ1) is 17.1. The quantitative estimate of drug-likeness (QED) is 0.692. The Balaban J connectivity index is 1.68. The van der Waals surface area contributed by atoms with Crippen molar-refractivity contribution in [2.45, 2.75) is 13.8 Å². The summed E-state index contributed by atoms with van der Waals surface area (Å²) < 4.78 is 1.15. The third-order valence-corrected chi connectivity index (χ3v) is 4.81. The van der Waals surface area contributed by atoms with Crippen molar-refractivity contribution in [3.05, 3.63) is 53.6 Å². The maximum absolute atomic E-state index is 12.1. The average molecular weight is 353 g/mol. The van der Waals surface area contributed by atoms with Crippen molar-refractivity contribution >= 4 is 33.4 Å². The Morgan fingerprint density at radius 3 is 2.48 bits per heavy atom. The molecule has 1 aromatic heterocycles. The second-order valence-electron chi connectivity index (χ2n) is 5.81. The number of thiazole rings is 1. The molecular formula is C19H19N3O2S. The van der Waals surface area contributed by atoms with E-state index in [2.05, 4.69) is 40.7 Å². The molecule has 0 aliphatic heterocycles. The van der Waals surface area contributed by atoms with Crippen LogP contribution in [0, 0.1) is 6.92 Å². The van der Waals surface area contributed by atoms with Gasteiger partial charge in [-0.2, -0.15) is 0 Å². The summed E-state index contributed by atoms with van der Waals surface area (Å²) in [6.07, 6.45) is 0. The Labute approximate surface area is 150 Å². The van der Waals surface area contributed by atoms with Crippen molar-refractivity contribution in [2.75, 3.05) is 13.1 Å². The Kier molecular flexibility index (Phi) is 5.09. The monoisotopic (exact) mass is 353 g/mol. The van der Waals surface area contributed by atoms with Crippen LogP contribution >= 0.6 is 11.3 Å². The average Bonchev–Trinajstić information content (AvgIpc) is 3.01. The van der Waals surface area contributed by atoms with Crippen LogP contribution < -0.4 is 10.6 Å². The summed E-state index contributed by atoms with van der Waals surface area (Å²) in [6.45, 7) is 4.32. The van der Waals surface area contributed by atoms with Crippen LogP contribution in [0.3, 0.4) is 0 Å². The first-order valence-corrected chi connectivity index (χ1v) is 8.85. The molecule has 2 amide bonds. The smallest absolute Gasteiger partial charge is 0.251 e. The fourth-order valence-corrected chi connectivity index (χ4v) is 3.39. The molecule has 0 bridgehead atoms. The number of nitrogens with zero attached hydrogens (tertiary/aromatic N) is 1. The SMILES string of the molecule is CC(=O)NCCNC(=O)c1ccc(-c2nc3cc(C)ccc3s2)cc1. The molecule has 3 rings (SSSR count). The molecule has 3 aromatic rings. The van der Waals surface area contributed by atoms with E-state index in [-0.39, 0.29) is 11.8 Å². The number of carbonyl (C=O) groups excluding carboxylic acids is 2. The summed E-state index contributed by atoms with van der Waals surface area (Å²) in [5, 5.41) is 6.36. The van der Waals surface area contributed by atoms with E-state index >= 15 is 0 Å². The van der Waals surface area contributed by atoms with Gasteiger partial charge < -0.3 is 10.6 Å². The zero-order valence-corrected chi connectivity index (χ0v) is 14.9. The Morgan fingerprint density at radius 1 is 1.04 bits per heavy atom. The highest BCUT2D eigenvalue weighted by molar-refractivity contribution is 7.21. The minimum Gasteiger partial charge on any atom is -0.355 e. The molecule has 0 spiro atoms. The van der Waals surface area contributed by atoms with Gasteiger partial charge in [0, 0.05) is 31.1 Å². The highest BCUT2D eigenvalue weighted by Gasteiger charge is 2.09. The standard InChI is InChI=1S/C19H19N3O2S/c1-12-3-8-17-16(11-12)22-19(25-17)15-6-4-14(5-7-15)18(24)21-10-9-20-13(2)23/h3-8,11H,9-10H2,1-2H3,(H,20,23)(H,21,24). The van der Waals surface area contributed by atoms with Gasteiger partial charge in [0.1, 0.15) is 5.01 Å². The number of hydrogen-bond donors (Lipinski definition) is 2. The van der Waals surface area contributed by atoms with E-state index in [1.807, 2.05) is 12.1 Å². The largest absolute Gasteiger partial charge is 0.355 e. The molecular weight excluding hydrogens is 334 g/mol. The molecule has 25 heavy (non-hydrogen) atoms. The third kappa shape index (κ3) is 4.22. The summed E-state index contributed by atoms with van der Waals surface area (Å²) in [5.41, 5.74) is 3.77. The predicted molar refractivity (Wildman–Crippen MR) is 101 cm³/mol. The van der Waals surface area contributed by atoms with Crippen molar-refractivity contribution in [3.8, 4) is 10.6 Å². The molecule has 2 N–H and O–H groups in total. The summed E-state index contributed by atoms with van der Waals surface area (Å²) in [7, 11) is 0. The lowest BCUT2D eigenvalue weighted by molar-refractivity contribution is -0.118. The van der Waals surface area contributed by atoms with Crippen LogP contribution in [-0.2, 0) is 4.79 Å². The minimum atomic E-state index is -0.156. The summed E-state index contributed by atoms with van der Waals surface area (Å²) in [5.74, 6) is -0.263. The predicted octanol–water partition coefficient (Wildman–Crippen LogP) is 3.14. The van der Waals surface area contributed by atoms with Crippen LogP contribution in [0.2, 0.25) is 0 Å². The molecule has 0 fully saturated rings.